The second-order valence-corrected chi connectivity index (χ2v) is 5.03. The van der Waals surface area contributed by atoms with Gasteiger partial charge in [-0.1, -0.05) is 65.0 Å². The highest BCUT2D eigenvalue weighted by molar-refractivity contribution is 5.81. The summed E-state index contributed by atoms with van der Waals surface area (Å²) in [5.74, 6) is 0.662. The molecule has 0 rings (SSSR count). The molecular weight excluding hydrogens is 208 g/mol. The Bertz CT molecular complexity index is 206. The van der Waals surface area contributed by atoms with E-state index in [1.54, 1.807) is 0 Å². The maximum Gasteiger partial charge on any atom is 0.139 e. The minimum atomic E-state index is 0.252. The van der Waals surface area contributed by atoms with Gasteiger partial charge in [0.1, 0.15) is 5.78 Å². The third-order valence-electron chi connectivity index (χ3n) is 3.25. The second kappa shape index (κ2) is 11.9. The van der Waals surface area contributed by atoms with Gasteiger partial charge in [-0.3, -0.25) is 4.79 Å². The van der Waals surface area contributed by atoms with Crippen LogP contribution in [-0.2, 0) is 4.79 Å². The molecular formula is C16H30O. The maximum absolute atomic E-state index is 11.8. The van der Waals surface area contributed by atoms with Gasteiger partial charge in [-0.05, 0) is 19.3 Å². The molecule has 0 aliphatic heterocycles. The summed E-state index contributed by atoms with van der Waals surface area (Å²) in [4.78, 5) is 11.8. The van der Waals surface area contributed by atoms with E-state index in [1.807, 2.05) is 0 Å². The minimum Gasteiger partial charge on any atom is -0.299 e. The van der Waals surface area contributed by atoms with Crippen molar-refractivity contribution in [3.8, 4) is 0 Å². The van der Waals surface area contributed by atoms with E-state index < -0.39 is 0 Å². The summed E-state index contributed by atoms with van der Waals surface area (Å²) in [6.07, 6.45) is 14.6. The Morgan fingerprint density at radius 1 is 1.00 bits per heavy atom. The highest BCUT2D eigenvalue weighted by atomic mass is 16.1. The highest BCUT2D eigenvalue weighted by Gasteiger charge is 2.10. The summed E-state index contributed by atoms with van der Waals surface area (Å²) in [5, 5.41) is 0. The molecule has 0 aliphatic carbocycles. The Morgan fingerprint density at radius 2 is 1.65 bits per heavy atom. The molecule has 0 bridgehead atoms. The first-order valence-corrected chi connectivity index (χ1v) is 7.40. The zero-order valence-corrected chi connectivity index (χ0v) is 12.0. The lowest BCUT2D eigenvalue weighted by molar-refractivity contribution is -0.121. The second-order valence-electron chi connectivity index (χ2n) is 5.03. The molecule has 0 spiro atoms. The molecule has 0 saturated carbocycles. The smallest absolute Gasteiger partial charge is 0.139 e. The van der Waals surface area contributed by atoms with Gasteiger partial charge < -0.3 is 0 Å². The van der Waals surface area contributed by atoms with Crippen molar-refractivity contribution < 1.29 is 4.79 Å². The molecule has 0 heterocycles. The van der Waals surface area contributed by atoms with Gasteiger partial charge in [0.15, 0.2) is 0 Å². The van der Waals surface area contributed by atoms with Gasteiger partial charge in [-0.2, -0.15) is 0 Å². The molecule has 1 atom stereocenters. The SMILES string of the molecule is CCCCCC=CCC(=O)C(C)CCCCC. The van der Waals surface area contributed by atoms with Crippen LogP contribution in [0.1, 0.15) is 78.6 Å². The van der Waals surface area contributed by atoms with E-state index in [0.29, 0.717) is 12.2 Å². The molecule has 0 amide bonds. The van der Waals surface area contributed by atoms with Gasteiger partial charge in [-0.25, -0.2) is 0 Å². The summed E-state index contributed by atoms with van der Waals surface area (Å²) >= 11 is 0. The zero-order chi connectivity index (χ0) is 12.9. The Hall–Kier alpha value is -0.590. The van der Waals surface area contributed by atoms with Crippen LogP contribution in [0.25, 0.3) is 0 Å². The number of hydrogen-bond donors (Lipinski definition) is 0. The normalized spacial score (nSPS) is 13.1. The fourth-order valence-electron chi connectivity index (χ4n) is 1.89. The minimum absolute atomic E-state index is 0.252. The summed E-state index contributed by atoms with van der Waals surface area (Å²) in [6.45, 7) is 6.49. The number of carbonyl (C=O) groups is 1. The van der Waals surface area contributed by atoms with Crippen molar-refractivity contribution in [1.29, 1.82) is 0 Å². The first-order valence-electron chi connectivity index (χ1n) is 7.40. The third kappa shape index (κ3) is 10.3. The van der Waals surface area contributed by atoms with Crippen molar-refractivity contribution >= 4 is 5.78 Å². The van der Waals surface area contributed by atoms with Gasteiger partial charge in [-0.15, -0.1) is 0 Å². The van der Waals surface area contributed by atoms with Crippen LogP contribution < -0.4 is 0 Å². The third-order valence-corrected chi connectivity index (χ3v) is 3.25. The lowest BCUT2D eigenvalue weighted by Crippen LogP contribution is -2.09. The Labute approximate surface area is 108 Å². The predicted octanol–water partition coefficient (Wildman–Crippen LogP) is 5.30. The van der Waals surface area contributed by atoms with Crippen molar-refractivity contribution in [3.63, 3.8) is 0 Å². The molecule has 1 unspecified atom stereocenters. The number of rotatable bonds is 11. The lowest BCUT2D eigenvalue weighted by Gasteiger charge is -2.07. The summed E-state index contributed by atoms with van der Waals surface area (Å²) in [7, 11) is 0. The standard InChI is InChI=1S/C16H30O/c1-4-6-8-9-10-12-14-16(17)15(3)13-11-7-5-2/h10,12,15H,4-9,11,13-14H2,1-3H3. The zero-order valence-electron chi connectivity index (χ0n) is 12.0. The molecule has 1 heteroatoms. The van der Waals surface area contributed by atoms with Crippen LogP contribution in [0.2, 0.25) is 0 Å². The number of carbonyl (C=O) groups excluding carboxylic acids is 1. The molecule has 0 aromatic carbocycles. The average molecular weight is 238 g/mol. The van der Waals surface area contributed by atoms with Crippen LogP contribution in [0.5, 0.6) is 0 Å². The first kappa shape index (κ1) is 16.4. The maximum atomic E-state index is 11.8. The van der Waals surface area contributed by atoms with Gasteiger partial charge in [0.2, 0.25) is 0 Å². The van der Waals surface area contributed by atoms with E-state index in [2.05, 4.69) is 32.9 Å². The largest absolute Gasteiger partial charge is 0.299 e. The van der Waals surface area contributed by atoms with Crippen molar-refractivity contribution in [2.45, 2.75) is 78.6 Å². The van der Waals surface area contributed by atoms with Crippen molar-refractivity contribution in [2.24, 2.45) is 5.92 Å². The van der Waals surface area contributed by atoms with Gasteiger partial charge in [0.05, 0.1) is 0 Å². The first-order chi connectivity index (χ1) is 8.22. The van der Waals surface area contributed by atoms with Crippen LogP contribution in [0.15, 0.2) is 12.2 Å². The molecule has 0 radical (unpaired) electrons. The van der Waals surface area contributed by atoms with E-state index in [-0.39, 0.29) is 5.92 Å². The molecule has 0 N–H and O–H groups in total. The summed E-state index contributed by atoms with van der Waals surface area (Å²) in [6, 6.07) is 0. The lowest BCUT2D eigenvalue weighted by atomic mass is 9.97. The number of hydrogen-bond acceptors (Lipinski definition) is 1. The van der Waals surface area contributed by atoms with Crippen LogP contribution in [0, 0.1) is 5.92 Å². The molecule has 0 aliphatic rings. The molecule has 1 nitrogen and oxygen atoms in total. The van der Waals surface area contributed by atoms with Crippen molar-refractivity contribution in [1.82, 2.24) is 0 Å². The highest BCUT2D eigenvalue weighted by Crippen LogP contribution is 2.12. The quantitative estimate of drug-likeness (QED) is 0.353. The van der Waals surface area contributed by atoms with Crippen LogP contribution in [-0.4, -0.2) is 5.78 Å². The van der Waals surface area contributed by atoms with Crippen molar-refractivity contribution in [2.75, 3.05) is 0 Å². The fourth-order valence-corrected chi connectivity index (χ4v) is 1.89. The molecule has 0 fully saturated rings. The predicted molar refractivity (Wildman–Crippen MR) is 76.2 cm³/mol. The van der Waals surface area contributed by atoms with Crippen molar-refractivity contribution in [3.05, 3.63) is 12.2 Å². The number of unbranched alkanes of at least 4 members (excludes halogenated alkanes) is 5. The number of ketones is 1. The van der Waals surface area contributed by atoms with Crippen LogP contribution >= 0.6 is 0 Å². The topological polar surface area (TPSA) is 17.1 Å². The molecule has 17 heavy (non-hydrogen) atoms. The van der Waals surface area contributed by atoms with Crippen LogP contribution in [0.3, 0.4) is 0 Å². The molecule has 0 aromatic rings. The van der Waals surface area contributed by atoms with Crippen LogP contribution in [0.4, 0.5) is 0 Å². The Kier molecular flexibility index (Phi) is 11.5. The van der Waals surface area contributed by atoms with E-state index in [4.69, 9.17) is 0 Å². The van der Waals surface area contributed by atoms with E-state index >= 15 is 0 Å². The van der Waals surface area contributed by atoms with Gasteiger partial charge in [0.25, 0.3) is 0 Å². The Balaban J connectivity index is 3.55. The Morgan fingerprint density at radius 3 is 2.29 bits per heavy atom. The monoisotopic (exact) mass is 238 g/mol. The summed E-state index contributed by atoms with van der Waals surface area (Å²) < 4.78 is 0. The fraction of sp³-hybridized carbons (Fsp3) is 0.812. The van der Waals surface area contributed by atoms with Gasteiger partial charge in [0, 0.05) is 12.3 Å². The average Bonchev–Trinajstić information content (AvgIpc) is 2.33. The van der Waals surface area contributed by atoms with E-state index in [1.165, 1.54) is 38.5 Å². The molecule has 0 saturated heterocycles. The van der Waals surface area contributed by atoms with E-state index in [0.717, 1.165) is 12.8 Å². The number of allylic oxidation sites excluding steroid dienone is 2. The molecule has 100 valence electrons. The number of Topliss-reactive ketones (excluding diaryl/α,β-unsaturated/α-hetero) is 1. The summed E-state index contributed by atoms with van der Waals surface area (Å²) in [5.41, 5.74) is 0. The van der Waals surface area contributed by atoms with E-state index in [9.17, 15) is 4.79 Å². The van der Waals surface area contributed by atoms with Gasteiger partial charge >= 0.3 is 0 Å². The molecule has 0 aromatic heterocycles.